The lowest BCUT2D eigenvalue weighted by Gasteiger charge is -2.18. The number of ketones is 1. The van der Waals surface area contributed by atoms with Crippen molar-refractivity contribution in [2.24, 2.45) is 0 Å². The smallest absolute Gasteiger partial charge is 0.331 e. The third kappa shape index (κ3) is 6.08. The molecule has 152 valence electrons. The molecule has 0 saturated heterocycles. The highest BCUT2D eigenvalue weighted by molar-refractivity contribution is 7.92. The summed E-state index contributed by atoms with van der Waals surface area (Å²) in [4.78, 5) is 24.0. The van der Waals surface area contributed by atoms with Gasteiger partial charge in [-0.2, -0.15) is 0 Å². The highest BCUT2D eigenvalue weighted by Crippen LogP contribution is 2.31. The van der Waals surface area contributed by atoms with E-state index in [4.69, 9.17) is 14.2 Å². The topological polar surface area (TPSA) is 108 Å². The first-order valence-electron chi connectivity index (χ1n) is 8.66. The van der Waals surface area contributed by atoms with E-state index in [1.165, 1.54) is 30.3 Å². The highest BCUT2D eigenvalue weighted by atomic mass is 32.2. The van der Waals surface area contributed by atoms with Crippen molar-refractivity contribution in [3.63, 3.8) is 0 Å². The lowest BCUT2D eigenvalue weighted by molar-refractivity contribution is -0.136. The molecule has 1 aliphatic heterocycles. The van der Waals surface area contributed by atoms with Crippen molar-refractivity contribution in [2.75, 3.05) is 30.8 Å². The fraction of sp³-hybridized carbons (Fsp3) is 0.200. The van der Waals surface area contributed by atoms with Gasteiger partial charge in [-0.05, 0) is 48.0 Å². The molecule has 1 aliphatic rings. The van der Waals surface area contributed by atoms with Crippen LogP contribution in [0, 0.1) is 0 Å². The first kappa shape index (κ1) is 20.4. The van der Waals surface area contributed by atoms with Crippen molar-refractivity contribution in [3.05, 3.63) is 59.7 Å². The number of anilines is 1. The number of sulfonamides is 1. The number of carbonyl (C=O) groups excluding carboxylic acids is 2. The average Bonchev–Trinajstić information content (AvgIpc) is 2.69. The summed E-state index contributed by atoms with van der Waals surface area (Å²) < 4.78 is 40.5. The monoisotopic (exact) mass is 417 g/mol. The highest BCUT2D eigenvalue weighted by Gasteiger charge is 2.12. The van der Waals surface area contributed by atoms with Gasteiger partial charge in [0.2, 0.25) is 10.0 Å². The Hall–Kier alpha value is -3.33. The second-order valence-corrected chi connectivity index (χ2v) is 7.97. The van der Waals surface area contributed by atoms with Crippen molar-refractivity contribution >= 4 is 33.5 Å². The van der Waals surface area contributed by atoms with Crippen LogP contribution >= 0.6 is 0 Å². The molecule has 9 heteroatoms. The summed E-state index contributed by atoms with van der Waals surface area (Å²) >= 11 is 0. The summed E-state index contributed by atoms with van der Waals surface area (Å²) in [5, 5.41) is 0. The zero-order valence-electron chi connectivity index (χ0n) is 15.6. The molecular formula is C20H19NO7S. The second kappa shape index (κ2) is 8.78. The number of hydrogen-bond acceptors (Lipinski definition) is 7. The summed E-state index contributed by atoms with van der Waals surface area (Å²) in [6.07, 6.45) is 3.80. The van der Waals surface area contributed by atoms with Gasteiger partial charge in [0.05, 0.1) is 6.26 Å². The lowest BCUT2D eigenvalue weighted by atomic mass is 10.1. The minimum absolute atomic E-state index is 0.299. The number of rotatable bonds is 7. The van der Waals surface area contributed by atoms with E-state index in [-0.39, 0.29) is 0 Å². The Morgan fingerprint density at radius 2 is 1.76 bits per heavy atom. The predicted octanol–water partition coefficient (Wildman–Crippen LogP) is 2.27. The van der Waals surface area contributed by atoms with Crippen LogP contribution in [0.4, 0.5) is 5.69 Å². The Bertz CT molecular complexity index is 1040. The van der Waals surface area contributed by atoms with Crippen molar-refractivity contribution in [1.82, 2.24) is 0 Å². The van der Waals surface area contributed by atoms with E-state index in [1.54, 1.807) is 24.3 Å². The van der Waals surface area contributed by atoms with Crippen LogP contribution in [0.1, 0.15) is 15.9 Å². The van der Waals surface area contributed by atoms with Crippen LogP contribution in [-0.4, -0.2) is 46.2 Å². The molecule has 0 unspecified atom stereocenters. The minimum atomic E-state index is -3.39. The van der Waals surface area contributed by atoms with E-state index in [2.05, 4.69) is 4.72 Å². The van der Waals surface area contributed by atoms with Gasteiger partial charge in [0, 0.05) is 17.3 Å². The third-order valence-corrected chi connectivity index (χ3v) is 4.44. The maximum atomic E-state index is 12.1. The Morgan fingerprint density at radius 3 is 2.45 bits per heavy atom. The van der Waals surface area contributed by atoms with Crippen LogP contribution in [-0.2, 0) is 19.6 Å². The Morgan fingerprint density at radius 1 is 1.07 bits per heavy atom. The van der Waals surface area contributed by atoms with Gasteiger partial charge in [0.25, 0.3) is 0 Å². The van der Waals surface area contributed by atoms with Crippen LogP contribution in [0.3, 0.4) is 0 Å². The molecule has 2 aromatic carbocycles. The zero-order chi connectivity index (χ0) is 20.9. The van der Waals surface area contributed by atoms with Gasteiger partial charge in [0.1, 0.15) is 13.2 Å². The molecular weight excluding hydrogens is 398 g/mol. The van der Waals surface area contributed by atoms with E-state index in [9.17, 15) is 18.0 Å². The Balaban J connectivity index is 1.52. The van der Waals surface area contributed by atoms with Crippen LogP contribution in [0.5, 0.6) is 11.5 Å². The normalized spacial score (nSPS) is 13.1. The Labute approximate surface area is 168 Å². The number of esters is 1. The molecule has 2 aromatic rings. The van der Waals surface area contributed by atoms with Crippen molar-refractivity contribution in [1.29, 1.82) is 0 Å². The third-order valence-electron chi connectivity index (χ3n) is 3.83. The first-order chi connectivity index (χ1) is 13.8. The largest absolute Gasteiger partial charge is 0.486 e. The summed E-state index contributed by atoms with van der Waals surface area (Å²) in [6.45, 7) is 0.540. The minimum Gasteiger partial charge on any atom is -0.486 e. The van der Waals surface area contributed by atoms with E-state index in [0.717, 1.165) is 11.8 Å². The maximum absolute atomic E-state index is 12.1. The maximum Gasteiger partial charge on any atom is 0.331 e. The lowest BCUT2D eigenvalue weighted by Crippen LogP contribution is -2.15. The van der Waals surface area contributed by atoms with Crippen LogP contribution in [0.2, 0.25) is 0 Å². The van der Waals surface area contributed by atoms with E-state index in [1.807, 2.05) is 0 Å². The van der Waals surface area contributed by atoms with E-state index in [0.29, 0.717) is 36.0 Å². The molecule has 0 saturated carbocycles. The SMILES string of the molecule is CS(=O)(=O)Nc1ccc(C(=O)COC(=O)/C=C/c2ccc3c(c2)OCCO3)cc1. The van der Waals surface area contributed by atoms with Crippen molar-refractivity contribution in [2.45, 2.75) is 0 Å². The first-order valence-corrected chi connectivity index (χ1v) is 10.5. The van der Waals surface area contributed by atoms with Crippen LogP contribution in [0.25, 0.3) is 6.08 Å². The molecule has 29 heavy (non-hydrogen) atoms. The van der Waals surface area contributed by atoms with E-state index >= 15 is 0 Å². The number of Topliss-reactive ketones (excluding diaryl/α,β-unsaturated/α-hetero) is 1. The molecule has 0 radical (unpaired) electrons. The summed E-state index contributed by atoms with van der Waals surface area (Å²) in [5.74, 6) is 0.190. The van der Waals surface area contributed by atoms with Gasteiger partial charge in [-0.1, -0.05) is 6.07 Å². The zero-order valence-corrected chi connectivity index (χ0v) is 16.4. The van der Waals surface area contributed by atoms with E-state index < -0.39 is 28.4 Å². The van der Waals surface area contributed by atoms with Crippen LogP contribution in [0.15, 0.2) is 48.5 Å². The number of nitrogens with one attached hydrogen (secondary N) is 1. The summed E-state index contributed by atoms with van der Waals surface area (Å²) in [5.41, 5.74) is 1.36. The molecule has 0 aromatic heterocycles. The van der Waals surface area contributed by atoms with Crippen LogP contribution < -0.4 is 14.2 Å². The van der Waals surface area contributed by atoms with Gasteiger partial charge in [0.15, 0.2) is 23.9 Å². The number of benzene rings is 2. The number of hydrogen-bond donors (Lipinski definition) is 1. The number of fused-ring (bicyclic) bond motifs is 1. The predicted molar refractivity (Wildman–Crippen MR) is 107 cm³/mol. The molecule has 0 spiro atoms. The second-order valence-electron chi connectivity index (χ2n) is 6.22. The van der Waals surface area contributed by atoms with Crippen molar-refractivity contribution in [3.8, 4) is 11.5 Å². The molecule has 0 amide bonds. The molecule has 0 atom stereocenters. The van der Waals surface area contributed by atoms with Gasteiger partial charge in [-0.15, -0.1) is 0 Å². The standard InChI is InChI=1S/C20H19NO7S/c1-29(24,25)21-16-6-4-15(5-7-16)17(22)13-28-20(23)9-3-14-2-8-18-19(12-14)27-11-10-26-18/h2-9,12,21H,10-11,13H2,1H3/b9-3+. The van der Waals surface area contributed by atoms with Gasteiger partial charge in [-0.25, -0.2) is 13.2 Å². The number of carbonyl (C=O) groups is 2. The fourth-order valence-corrected chi connectivity index (χ4v) is 3.10. The van der Waals surface area contributed by atoms with Gasteiger partial charge in [-0.3, -0.25) is 9.52 Å². The van der Waals surface area contributed by atoms with Gasteiger partial charge >= 0.3 is 5.97 Å². The molecule has 0 aliphatic carbocycles. The van der Waals surface area contributed by atoms with Gasteiger partial charge < -0.3 is 14.2 Å². The van der Waals surface area contributed by atoms with Crippen molar-refractivity contribution < 1.29 is 32.2 Å². The molecule has 0 bridgehead atoms. The summed E-state index contributed by atoms with van der Waals surface area (Å²) in [7, 11) is -3.39. The molecule has 8 nitrogen and oxygen atoms in total. The quantitative estimate of drug-likeness (QED) is 0.418. The summed E-state index contributed by atoms with van der Waals surface area (Å²) in [6, 6.07) is 11.1. The average molecular weight is 417 g/mol. The molecule has 0 fully saturated rings. The number of ether oxygens (including phenoxy) is 3. The fourth-order valence-electron chi connectivity index (χ4n) is 2.53. The Kier molecular flexibility index (Phi) is 6.18. The molecule has 1 heterocycles. The molecule has 3 rings (SSSR count). The molecule has 1 N–H and O–H groups in total.